The van der Waals surface area contributed by atoms with E-state index in [4.69, 9.17) is 4.74 Å². The molecule has 8 nitrogen and oxygen atoms in total. The Morgan fingerprint density at radius 3 is 2.54 bits per heavy atom. The minimum absolute atomic E-state index is 0.297. The van der Waals surface area contributed by atoms with Gasteiger partial charge in [-0.25, -0.2) is 9.18 Å². The molecule has 3 amide bonds. The highest BCUT2D eigenvalue weighted by Crippen LogP contribution is 2.32. The third-order valence-corrected chi connectivity index (χ3v) is 3.28. The van der Waals surface area contributed by atoms with Gasteiger partial charge in [0.25, 0.3) is 5.91 Å². The molecule has 9 heteroatoms. The molecule has 2 rings (SSSR count). The summed E-state index contributed by atoms with van der Waals surface area (Å²) in [5.41, 5.74) is -0.161. The van der Waals surface area contributed by atoms with Gasteiger partial charge < -0.3 is 10.1 Å². The van der Waals surface area contributed by atoms with Crippen molar-refractivity contribution in [3.05, 3.63) is 70.0 Å². The zero-order valence-corrected chi connectivity index (χ0v) is 13.8. The van der Waals surface area contributed by atoms with Crippen LogP contribution in [-0.4, -0.2) is 23.4 Å². The first-order valence-electron chi connectivity index (χ1n) is 7.66. The molecular formula is C17H16FN3O5. The fourth-order valence-electron chi connectivity index (χ4n) is 2.14. The summed E-state index contributed by atoms with van der Waals surface area (Å²) in [5, 5.41) is 15.6. The molecule has 0 unspecified atom stereocenters. The number of nitro benzene ring substituents is 1. The summed E-state index contributed by atoms with van der Waals surface area (Å²) in [7, 11) is 0. The SMILES string of the molecule is CCNC(=O)NC(=O)[C@H](Oc1cc(F)ccc1[N+](=O)[O-])c1ccccc1. The predicted molar refractivity (Wildman–Crippen MR) is 90.1 cm³/mol. The van der Waals surface area contributed by atoms with Crippen LogP contribution >= 0.6 is 0 Å². The monoisotopic (exact) mass is 361 g/mol. The summed E-state index contributed by atoms with van der Waals surface area (Å²) < 4.78 is 18.9. The van der Waals surface area contributed by atoms with Gasteiger partial charge in [0.15, 0.2) is 0 Å². The lowest BCUT2D eigenvalue weighted by atomic mass is 10.1. The molecule has 0 aliphatic heterocycles. The van der Waals surface area contributed by atoms with Crippen LogP contribution in [-0.2, 0) is 4.79 Å². The molecule has 1 atom stereocenters. The van der Waals surface area contributed by atoms with Gasteiger partial charge in [-0.1, -0.05) is 30.3 Å². The largest absolute Gasteiger partial charge is 0.468 e. The zero-order valence-electron chi connectivity index (χ0n) is 13.8. The number of urea groups is 1. The first-order valence-corrected chi connectivity index (χ1v) is 7.66. The molecule has 0 bridgehead atoms. The second-order valence-corrected chi connectivity index (χ2v) is 5.13. The fourth-order valence-corrected chi connectivity index (χ4v) is 2.14. The number of carbonyl (C=O) groups excluding carboxylic acids is 2. The van der Waals surface area contributed by atoms with E-state index in [1.807, 2.05) is 0 Å². The highest BCUT2D eigenvalue weighted by Gasteiger charge is 2.28. The molecule has 0 radical (unpaired) electrons. The number of nitrogens with one attached hydrogen (secondary N) is 2. The minimum Gasteiger partial charge on any atom is -0.468 e. The van der Waals surface area contributed by atoms with E-state index in [1.165, 1.54) is 0 Å². The van der Waals surface area contributed by atoms with Crippen molar-refractivity contribution in [2.75, 3.05) is 6.54 Å². The van der Waals surface area contributed by atoms with Crippen LogP contribution in [0.5, 0.6) is 5.75 Å². The molecule has 2 aromatic carbocycles. The lowest BCUT2D eigenvalue weighted by Gasteiger charge is -2.18. The summed E-state index contributed by atoms with van der Waals surface area (Å²) in [5.74, 6) is -2.03. The molecule has 0 aromatic heterocycles. The van der Waals surface area contributed by atoms with Crippen LogP contribution in [0.2, 0.25) is 0 Å². The standard InChI is InChI=1S/C17H16FN3O5/c1-2-19-17(23)20-16(22)15(11-6-4-3-5-7-11)26-14-10-12(18)8-9-13(14)21(24)25/h3-10,15H,2H2,1H3,(H2,19,20,22,23)/t15-/m1/s1. The van der Waals surface area contributed by atoms with E-state index in [-0.39, 0.29) is 0 Å². The Labute approximate surface area is 148 Å². The topological polar surface area (TPSA) is 111 Å². The number of halogens is 1. The van der Waals surface area contributed by atoms with Crippen LogP contribution < -0.4 is 15.4 Å². The lowest BCUT2D eigenvalue weighted by molar-refractivity contribution is -0.386. The number of imide groups is 1. The molecule has 0 aliphatic carbocycles. The van der Waals surface area contributed by atoms with Crippen LogP contribution in [0.25, 0.3) is 0 Å². The third kappa shape index (κ3) is 4.76. The maximum absolute atomic E-state index is 13.5. The van der Waals surface area contributed by atoms with E-state index in [1.54, 1.807) is 37.3 Å². The normalized spacial score (nSPS) is 11.3. The summed E-state index contributed by atoms with van der Waals surface area (Å²) in [4.78, 5) is 34.4. The summed E-state index contributed by atoms with van der Waals surface area (Å²) >= 11 is 0. The van der Waals surface area contributed by atoms with Gasteiger partial charge in [-0.3, -0.25) is 20.2 Å². The number of ether oxygens (including phenoxy) is 1. The van der Waals surface area contributed by atoms with Crippen molar-refractivity contribution in [3.63, 3.8) is 0 Å². The van der Waals surface area contributed by atoms with Crippen molar-refractivity contribution in [2.45, 2.75) is 13.0 Å². The van der Waals surface area contributed by atoms with Gasteiger partial charge in [0, 0.05) is 24.2 Å². The van der Waals surface area contributed by atoms with Crippen LogP contribution in [0.3, 0.4) is 0 Å². The van der Waals surface area contributed by atoms with Crippen molar-refractivity contribution in [1.29, 1.82) is 0 Å². The molecule has 2 aromatic rings. The molecule has 26 heavy (non-hydrogen) atoms. The molecule has 0 saturated carbocycles. The molecule has 0 saturated heterocycles. The van der Waals surface area contributed by atoms with E-state index >= 15 is 0 Å². The third-order valence-electron chi connectivity index (χ3n) is 3.28. The average molecular weight is 361 g/mol. The predicted octanol–water partition coefficient (Wildman–Crippen LogP) is 2.70. The van der Waals surface area contributed by atoms with E-state index in [0.717, 1.165) is 18.2 Å². The van der Waals surface area contributed by atoms with Gasteiger partial charge in [-0.05, 0) is 13.0 Å². The number of nitrogens with zero attached hydrogens (tertiary/aromatic N) is 1. The van der Waals surface area contributed by atoms with Crippen molar-refractivity contribution in [3.8, 4) is 5.75 Å². The van der Waals surface area contributed by atoms with Crippen LogP contribution in [0.1, 0.15) is 18.6 Å². The minimum atomic E-state index is -1.39. The van der Waals surface area contributed by atoms with Gasteiger partial charge in [-0.15, -0.1) is 0 Å². The number of hydrogen-bond donors (Lipinski definition) is 2. The Kier molecular flexibility index (Phi) is 6.20. The van der Waals surface area contributed by atoms with Gasteiger partial charge >= 0.3 is 11.7 Å². The van der Waals surface area contributed by atoms with Crippen molar-refractivity contribution >= 4 is 17.6 Å². The van der Waals surface area contributed by atoms with Gasteiger partial charge in [0.1, 0.15) is 5.82 Å². The molecule has 2 N–H and O–H groups in total. The number of nitro groups is 1. The second-order valence-electron chi connectivity index (χ2n) is 5.13. The van der Waals surface area contributed by atoms with Crippen LogP contribution in [0.4, 0.5) is 14.9 Å². The van der Waals surface area contributed by atoms with Crippen LogP contribution in [0.15, 0.2) is 48.5 Å². The van der Waals surface area contributed by atoms with Crippen LogP contribution in [0, 0.1) is 15.9 Å². The summed E-state index contributed by atoms with van der Waals surface area (Å²) in [6.07, 6.45) is -1.39. The second kappa shape index (κ2) is 8.56. The van der Waals surface area contributed by atoms with E-state index < -0.39 is 40.2 Å². The molecule has 136 valence electrons. The molecule has 0 fully saturated rings. The average Bonchev–Trinajstić information content (AvgIpc) is 2.60. The Morgan fingerprint density at radius 1 is 1.23 bits per heavy atom. The van der Waals surface area contributed by atoms with E-state index in [2.05, 4.69) is 10.6 Å². The van der Waals surface area contributed by atoms with Crippen molar-refractivity contribution in [2.24, 2.45) is 0 Å². The van der Waals surface area contributed by atoms with Gasteiger partial charge in [-0.2, -0.15) is 0 Å². The quantitative estimate of drug-likeness (QED) is 0.607. The molecule has 0 aliphatic rings. The number of benzene rings is 2. The van der Waals surface area contributed by atoms with E-state index in [0.29, 0.717) is 12.1 Å². The Balaban J connectivity index is 2.37. The first kappa shape index (κ1) is 18.8. The highest BCUT2D eigenvalue weighted by molar-refractivity contribution is 5.97. The molecule has 0 spiro atoms. The number of rotatable bonds is 6. The Morgan fingerprint density at radius 2 is 1.92 bits per heavy atom. The summed E-state index contributed by atoms with van der Waals surface area (Å²) in [6.45, 7) is 1.97. The Hall–Kier alpha value is -3.49. The molecular weight excluding hydrogens is 345 g/mol. The number of carbonyl (C=O) groups is 2. The lowest BCUT2D eigenvalue weighted by Crippen LogP contribution is -2.42. The molecule has 0 heterocycles. The Bertz CT molecular complexity index is 813. The first-order chi connectivity index (χ1) is 12.4. The maximum atomic E-state index is 13.5. The van der Waals surface area contributed by atoms with Crippen molar-refractivity contribution < 1.29 is 23.6 Å². The van der Waals surface area contributed by atoms with E-state index in [9.17, 15) is 24.1 Å². The number of hydrogen-bond acceptors (Lipinski definition) is 5. The van der Waals surface area contributed by atoms with Gasteiger partial charge in [0.05, 0.1) is 4.92 Å². The smallest absolute Gasteiger partial charge is 0.321 e. The maximum Gasteiger partial charge on any atom is 0.321 e. The fraction of sp³-hybridized carbons (Fsp3) is 0.176. The number of amides is 3. The van der Waals surface area contributed by atoms with Crippen molar-refractivity contribution in [1.82, 2.24) is 10.6 Å². The summed E-state index contributed by atoms with van der Waals surface area (Å²) in [6, 6.07) is 9.98. The zero-order chi connectivity index (χ0) is 19.1. The highest BCUT2D eigenvalue weighted by atomic mass is 19.1. The van der Waals surface area contributed by atoms with Gasteiger partial charge in [0.2, 0.25) is 11.9 Å².